The molecule has 53 valence electrons. The van der Waals surface area contributed by atoms with Crippen LogP contribution in [0.4, 0.5) is 0 Å². The molecule has 0 aromatic carbocycles. The Labute approximate surface area is 70.0 Å². The summed E-state index contributed by atoms with van der Waals surface area (Å²) in [6.45, 7) is 5.27. The molecule has 0 fully saturated rings. The zero-order valence-electron chi connectivity index (χ0n) is 5.76. The van der Waals surface area contributed by atoms with E-state index in [1.54, 1.807) is 0 Å². The maximum atomic E-state index is 4.02. The van der Waals surface area contributed by atoms with E-state index in [9.17, 15) is 0 Å². The molecule has 0 amide bonds. The van der Waals surface area contributed by atoms with Crippen LogP contribution in [0, 0.1) is 0 Å². The smallest absolute Gasteiger partial charge is 0.0302 e. The molecule has 9 heavy (non-hydrogen) atoms. The molecule has 0 N–H and O–H groups in total. The normalized spacial score (nSPS) is 24.2. The molecule has 1 aliphatic heterocycles. The molecule has 0 aromatic heterocycles. The molecular weight excluding hydrogens is 286 g/mol. The van der Waals surface area contributed by atoms with Crippen molar-refractivity contribution in [1.29, 1.82) is 0 Å². The second kappa shape index (κ2) is 4.03. The van der Waals surface area contributed by atoms with Gasteiger partial charge < -0.3 is 16.3 Å². The van der Waals surface area contributed by atoms with Gasteiger partial charge in [0.25, 0.3) is 0 Å². The molecule has 1 radical (unpaired) electrons. The first-order valence-electron chi connectivity index (χ1n) is 3.04. The van der Waals surface area contributed by atoms with Crippen LogP contribution < -0.4 is 0 Å². The number of rotatable bonds is 1. The molecule has 3 heteroatoms. The maximum Gasteiger partial charge on any atom is 0.0302 e. The van der Waals surface area contributed by atoms with Crippen LogP contribution in [0.5, 0.6) is 0 Å². The van der Waals surface area contributed by atoms with Gasteiger partial charge in [-0.3, -0.25) is 0 Å². The quantitative estimate of drug-likeness (QED) is 0.658. The summed E-state index contributed by atoms with van der Waals surface area (Å²) in [7, 11) is 0. The minimum Gasteiger partial charge on any atom is -0.402 e. The second-order valence-electron chi connectivity index (χ2n) is 2.07. The average molecular weight is 297 g/mol. The van der Waals surface area contributed by atoms with Crippen molar-refractivity contribution < 1.29 is 20.4 Å². The molecule has 0 bridgehead atoms. The summed E-state index contributed by atoms with van der Waals surface area (Å²) < 4.78 is 0. The van der Waals surface area contributed by atoms with Crippen molar-refractivity contribution >= 4 is 6.21 Å². The molecule has 1 rings (SSSR count). The molecule has 1 aliphatic rings. The number of nitrogens with zero attached hydrogens (tertiary/aromatic N) is 2. The van der Waals surface area contributed by atoms with E-state index < -0.39 is 0 Å². The summed E-state index contributed by atoms with van der Waals surface area (Å²) in [5.41, 5.74) is 0. The van der Waals surface area contributed by atoms with Crippen LogP contribution in [0.2, 0.25) is 0 Å². The first-order valence-corrected chi connectivity index (χ1v) is 3.04. The Morgan fingerprint density at radius 1 is 1.78 bits per heavy atom. The fourth-order valence-corrected chi connectivity index (χ4v) is 0.850. The Kier molecular flexibility index (Phi) is 4.09. The summed E-state index contributed by atoms with van der Waals surface area (Å²) in [6.07, 6.45) is 3.92. The van der Waals surface area contributed by atoms with Gasteiger partial charge in [0.15, 0.2) is 0 Å². The molecule has 0 spiro atoms. The maximum absolute atomic E-state index is 4.02. The SMILES string of the molecule is CCN1N=[C-]C[C@@H]1C.[Re]. The van der Waals surface area contributed by atoms with E-state index in [4.69, 9.17) is 0 Å². The van der Waals surface area contributed by atoms with Gasteiger partial charge in [-0.1, -0.05) is 0 Å². The topological polar surface area (TPSA) is 15.6 Å². The van der Waals surface area contributed by atoms with Crippen LogP contribution in [0.15, 0.2) is 5.10 Å². The summed E-state index contributed by atoms with van der Waals surface area (Å²) in [6, 6.07) is 0.583. The monoisotopic (exact) mass is 298 g/mol. The van der Waals surface area contributed by atoms with E-state index in [0.717, 1.165) is 13.0 Å². The van der Waals surface area contributed by atoms with Crippen molar-refractivity contribution in [3.05, 3.63) is 0 Å². The Balaban J connectivity index is 0.000000640. The molecule has 1 heterocycles. The van der Waals surface area contributed by atoms with Crippen molar-refractivity contribution in [2.45, 2.75) is 26.3 Å². The Bertz CT molecular complexity index is 103. The third-order valence-corrected chi connectivity index (χ3v) is 1.42. The predicted octanol–water partition coefficient (Wildman–Crippen LogP) is 0.961. The van der Waals surface area contributed by atoms with E-state index in [1.807, 2.05) is 5.01 Å². The van der Waals surface area contributed by atoms with Crippen molar-refractivity contribution in [1.82, 2.24) is 5.01 Å². The summed E-state index contributed by atoms with van der Waals surface area (Å²) >= 11 is 0. The van der Waals surface area contributed by atoms with Gasteiger partial charge in [-0.05, 0) is 13.8 Å². The number of hydrogen-bond acceptors (Lipinski definition) is 2. The molecule has 0 saturated heterocycles. The van der Waals surface area contributed by atoms with Gasteiger partial charge >= 0.3 is 0 Å². The van der Waals surface area contributed by atoms with Crippen LogP contribution in [0.3, 0.4) is 0 Å². The zero-order chi connectivity index (χ0) is 5.98. The molecule has 0 aromatic rings. The van der Waals surface area contributed by atoms with Gasteiger partial charge in [0, 0.05) is 33.0 Å². The number of hydrogen-bond donors (Lipinski definition) is 0. The van der Waals surface area contributed by atoms with Crippen molar-refractivity contribution in [3.63, 3.8) is 0 Å². The Morgan fingerprint density at radius 2 is 2.44 bits per heavy atom. The predicted molar refractivity (Wildman–Crippen MR) is 33.9 cm³/mol. The van der Waals surface area contributed by atoms with Gasteiger partial charge in [-0.2, -0.15) is 0 Å². The standard InChI is InChI=1S/C6H11N2.Re/c1-3-8-6(2)4-5-7-8;/h6H,3-4H2,1-2H3;/q-1;/t6-;/m0./s1. The van der Waals surface area contributed by atoms with E-state index in [1.165, 1.54) is 0 Å². The van der Waals surface area contributed by atoms with Gasteiger partial charge in [0.1, 0.15) is 0 Å². The van der Waals surface area contributed by atoms with Crippen molar-refractivity contribution in [2.24, 2.45) is 5.10 Å². The first-order chi connectivity index (χ1) is 3.84. The van der Waals surface area contributed by atoms with Gasteiger partial charge in [-0.15, -0.1) is 6.42 Å². The summed E-state index contributed by atoms with van der Waals surface area (Å²) in [5, 5.41) is 6.06. The first kappa shape index (κ1) is 9.13. The summed E-state index contributed by atoms with van der Waals surface area (Å²) in [5.74, 6) is 0. The van der Waals surface area contributed by atoms with E-state index >= 15 is 0 Å². The Hall–Kier alpha value is 0.132. The largest absolute Gasteiger partial charge is 0.402 e. The van der Waals surface area contributed by atoms with Crippen LogP contribution in [0.1, 0.15) is 20.3 Å². The number of hydrazone groups is 1. The molecule has 2 nitrogen and oxygen atoms in total. The van der Waals surface area contributed by atoms with Crippen LogP contribution in [0.25, 0.3) is 0 Å². The van der Waals surface area contributed by atoms with Gasteiger partial charge in [0.05, 0.1) is 0 Å². The molecule has 1 atom stereocenters. The Morgan fingerprint density at radius 3 is 2.67 bits per heavy atom. The van der Waals surface area contributed by atoms with Crippen molar-refractivity contribution in [2.75, 3.05) is 6.54 Å². The van der Waals surface area contributed by atoms with Crippen LogP contribution in [-0.2, 0) is 20.4 Å². The minimum atomic E-state index is 0. The van der Waals surface area contributed by atoms with E-state index in [2.05, 4.69) is 25.2 Å². The fourth-order valence-electron chi connectivity index (χ4n) is 0.850. The second-order valence-corrected chi connectivity index (χ2v) is 2.07. The zero-order valence-corrected chi connectivity index (χ0v) is 8.48. The summed E-state index contributed by atoms with van der Waals surface area (Å²) in [4.78, 5) is 0. The van der Waals surface area contributed by atoms with Crippen molar-refractivity contribution in [3.8, 4) is 0 Å². The molecule has 0 aliphatic carbocycles. The third-order valence-electron chi connectivity index (χ3n) is 1.42. The van der Waals surface area contributed by atoms with Gasteiger partial charge in [0.2, 0.25) is 0 Å². The fraction of sp³-hybridized carbons (Fsp3) is 0.833. The molecular formula is C6H11N2Re-. The molecule has 0 saturated carbocycles. The third kappa shape index (κ3) is 2.08. The van der Waals surface area contributed by atoms with Crippen LogP contribution in [-0.4, -0.2) is 23.8 Å². The van der Waals surface area contributed by atoms with E-state index in [0.29, 0.717) is 6.04 Å². The van der Waals surface area contributed by atoms with Gasteiger partial charge in [-0.25, -0.2) is 0 Å². The average Bonchev–Trinajstić information content (AvgIpc) is 2.14. The minimum absolute atomic E-state index is 0. The molecule has 0 unspecified atom stereocenters. The van der Waals surface area contributed by atoms with E-state index in [-0.39, 0.29) is 20.4 Å². The van der Waals surface area contributed by atoms with Crippen LogP contribution >= 0.6 is 0 Å².